The van der Waals surface area contributed by atoms with Gasteiger partial charge < -0.3 is 10.4 Å². The molecule has 5 nitrogen and oxygen atoms in total. The molecule has 116 valence electrons. The van der Waals surface area contributed by atoms with Crippen molar-refractivity contribution in [1.29, 1.82) is 0 Å². The third kappa shape index (κ3) is 5.47. The summed E-state index contributed by atoms with van der Waals surface area (Å²) in [5.74, 6) is -3.44. The molecule has 0 bridgehead atoms. The van der Waals surface area contributed by atoms with Crippen LogP contribution in [-0.2, 0) is 9.59 Å². The predicted molar refractivity (Wildman–Crippen MR) is 73.9 cm³/mol. The normalized spacial score (nSPS) is 12.2. The molecule has 0 saturated carbocycles. The average molecular weight is 300 g/mol. The Morgan fingerprint density at radius 2 is 1.81 bits per heavy atom. The largest absolute Gasteiger partial charge is 0.480 e. The number of para-hydroxylation sites is 1. The SMILES string of the molecule is CC(C)CC(NCC(=O)Nc1c(F)cccc1F)C(=O)O. The Morgan fingerprint density at radius 1 is 1.24 bits per heavy atom. The highest BCUT2D eigenvalue weighted by Crippen LogP contribution is 2.17. The second-order valence-corrected chi connectivity index (χ2v) is 5.05. The van der Waals surface area contributed by atoms with E-state index in [0.717, 1.165) is 12.1 Å². The number of benzene rings is 1. The number of nitrogens with one attached hydrogen (secondary N) is 2. The van der Waals surface area contributed by atoms with Gasteiger partial charge in [-0.05, 0) is 24.5 Å². The van der Waals surface area contributed by atoms with E-state index in [9.17, 15) is 18.4 Å². The topological polar surface area (TPSA) is 78.4 Å². The van der Waals surface area contributed by atoms with Crippen molar-refractivity contribution in [1.82, 2.24) is 5.32 Å². The van der Waals surface area contributed by atoms with Gasteiger partial charge in [-0.2, -0.15) is 0 Å². The maximum Gasteiger partial charge on any atom is 0.320 e. The van der Waals surface area contributed by atoms with Crippen LogP contribution >= 0.6 is 0 Å². The van der Waals surface area contributed by atoms with Crippen molar-refractivity contribution in [2.45, 2.75) is 26.3 Å². The molecule has 0 radical (unpaired) electrons. The number of carboxylic acids is 1. The fraction of sp³-hybridized carbons (Fsp3) is 0.429. The number of hydrogen-bond donors (Lipinski definition) is 3. The summed E-state index contributed by atoms with van der Waals surface area (Å²) < 4.78 is 26.7. The second kappa shape index (κ2) is 7.68. The Kier molecular flexibility index (Phi) is 6.23. The summed E-state index contributed by atoms with van der Waals surface area (Å²) in [6.07, 6.45) is 0.344. The minimum atomic E-state index is -1.08. The van der Waals surface area contributed by atoms with E-state index in [-0.39, 0.29) is 12.5 Å². The van der Waals surface area contributed by atoms with Crippen molar-refractivity contribution in [2.24, 2.45) is 5.92 Å². The van der Waals surface area contributed by atoms with Crippen LogP contribution < -0.4 is 10.6 Å². The van der Waals surface area contributed by atoms with E-state index in [1.54, 1.807) is 0 Å². The Bertz CT molecular complexity index is 501. The lowest BCUT2D eigenvalue weighted by Crippen LogP contribution is -2.42. The molecular formula is C14H18F2N2O3. The molecule has 0 aliphatic rings. The predicted octanol–water partition coefficient (Wildman–Crippen LogP) is 1.99. The number of aliphatic carboxylic acids is 1. The lowest BCUT2D eigenvalue weighted by Gasteiger charge is -2.16. The molecule has 0 heterocycles. The van der Waals surface area contributed by atoms with E-state index < -0.39 is 35.2 Å². The number of carbonyl (C=O) groups excluding carboxylic acids is 1. The molecule has 1 rings (SSSR count). The van der Waals surface area contributed by atoms with Gasteiger partial charge in [0, 0.05) is 0 Å². The molecule has 0 saturated heterocycles. The first-order chi connectivity index (χ1) is 9.81. The van der Waals surface area contributed by atoms with Crippen LogP contribution in [-0.4, -0.2) is 29.6 Å². The van der Waals surface area contributed by atoms with Crippen molar-refractivity contribution < 1.29 is 23.5 Å². The van der Waals surface area contributed by atoms with Gasteiger partial charge in [0.15, 0.2) is 0 Å². The molecule has 0 aromatic heterocycles. The summed E-state index contributed by atoms with van der Waals surface area (Å²) in [5, 5.41) is 13.6. The van der Waals surface area contributed by atoms with Crippen molar-refractivity contribution in [3.8, 4) is 0 Å². The van der Waals surface area contributed by atoms with Gasteiger partial charge in [0.2, 0.25) is 5.91 Å². The lowest BCUT2D eigenvalue weighted by atomic mass is 10.0. The van der Waals surface area contributed by atoms with Crippen LogP contribution in [0, 0.1) is 17.6 Å². The summed E-state index contributed by atoms with van der Waals surface area (Å²) in [7, 11) is 0. The molecule has 1 aromatic rings. The molecule has 0 aliphatic heterocycles. The first kappa shape index (κ1) is 17.0. The highest BCUT2D eigenvalue weighted by atomic mass is 19.1. The summed E-state index contributed by atoms with van der Waals surface area (Å²) >= 11 is 0. The molecule has 3 N–H and O–H groups in total. The fourth-order valence-corrected chi connectivity index (χ4v) is 1.76. The van der Waals surface area contributed by atoms with E-state index in [0.29, 0.717) is 6.42 Å². The summed E-state index contributed by atoms with van der Waals surface area (Å²) in [6, 6.07) is 2.33. The zero-order valence-electron chi connectivity index (χ0n) is 11.8. The van der Waals surface area contributed by atoms with Crippen molar-refractivity contribution in [2.75, 3.05) is 11.9 Å². The van der Waals surface area contributed by atoms with Crippen molar-refractivity contribution in [3.05, 3.63) is 29.8 Å². The van der Waals surface area contributed by atoms with Gasteiger partial charge in [-0.25, -0.2) is 8.78 Å². The van der Waals surface area contributed by atoms with Crippen LogP contribution in [0.4, 0.5) is 14.5 Å². The van der Waals surface area contributed by atoms with Crippen LogP contribution in [0.15, 0.2) is 18.2 Å². The van der Waals surface area contributed by atoms with Crippen LogP contribution in [0.3, 0.4) is 0 Å². The van der Waals surface area contributed by atoms with Crippen molar-refractivity contribution >= 4 is 17.6 Å². The van der Waals surface area contributed by atoms with E-state index in [2.05, 4.69) is 10.6 Å². The standard InChI is InChI=1S/C14H18F2N2O3/c1-8(2)6-11(14(20)21)17-7-12(19)18-13-9(15)4-3-5-10(13)16/h3-5,8,11,17H,6-7H2,1-2H3,(H,18,19)(H,20,21). The molecule has 0 spiro atoms. The lowest BCUT2D eigenvalue weighted by molar-refractivity contribution is -0.139. The molecule has 21 heavy (non-hydrogen) atoms. The maximum absolute atomic E-state index is 13.3. The van der Waals surface area contributed by atoms with Gasteiger partial charge in [-0.15, -0.1) is 0 Å². The molecule has 1 aromatic carbocycles. The number of carboxylic acid groups (broad SMARTS) is 1. The van der Waals surface area contributed by atoms with Crippen molar-refractivity contribution in [3.63, 3.8) is 0 Å². The Hall–Kier alpha value is -2.02. The van der Waals surface area contributed by atoms with Gasteiger partial charge >= 0.3 is 5.97 Å². The van der Waals surface area contributed by atoms with Gasteiger partial charge in [0.1, 0.15) is 23.4 Å². The number of rotatable bonds is 7. The summed E-state index contributed by atoms with van der Waals surface area (Å²) in [5.41, 5.74) is -0.542. The number of anilines is 1. The summed E-state index contributed by atoms with van der Waals surface area (Å²) in [6.45, 7) is 3.36. The smallest absolute Gasteiger partial charge is 0.320 e. The van der Waals surface area contributed by atoms with Gasteiger partial charge in [-0.1, -0.05) is 19.9 Å². The van der Waals surface area contributed by atoms with Crippen LogP contribution in [0.2, 0.25) is 0 Å². The van der Waals surface area contributed by atoms with Crippen LogP contribution in [0.1, 0.15) is 20.3 Å². The minimum Gasteiger partial charge on any atom is -0.480 e. The van der Waals surface area contributed by atoms with Gasteiger partial charge in [0.05, 0.1) is 6.54 Å². The summed E-state index contributed by atoms with van der Waals surface area (Å²) in [4.78, 5) is 22.6. The molecule has 1 unspecified atom stereocenters. The number of carbonyl (C=O) groups is 2. The molecule has 1 atom stereocenters. The third-order valence-electron chi connectivity index (χ3n) is 2.74. The number of hydrogen-bond acceptors (Lipinski definition) is 3. The molecule has 0 fully saturated rings. The van der Waals surface area contributed by atoms with Gasteiger partial charge in [0.25, 0.3) is 0 Å². The zero-order chi connectivity index (χ0) is 16.0. The third-order valence-corrected chi connectivity index (χ3v) is 2.74. The van der Waals surface area contributed by atoms with E-state index in [1.807, 2.05) is 13.8 Å². The molecule has 1 amide bonds. The highest BCUT2D eigenvalue weighted by Gasteiger charge is 2.20. The number of amides is 1. The molecule has 0 aliphatic carbocycles. The van der Waals surface area contributed by atoms with Gasteiger partial charge in [-0.3, -0.25) is 14.9 Å². The monoisotopic (exact) mass is 300 g/mol. The maximum atomic E-state index is 13.3. The molecular weight excluding hydrogens is 282 g/mol. The zero-order valence-corrected chi connectivity index (χ0v) is 11.8. The first-order valence-electron chi connectivity index (χ1n) is 6.51. The quantitative estimate of drug-likeness (QED) is 0.719. The fourth-order valence-electron chi connectivity index (χ4n) is 1.76. The second-order valence-electron chi connectivity index (χ2n) is 5.05. The molecule has 7 heteroatoms. The minimum absolute atomic E-state index is 0.130. The Balaban J connectivity index is 2.59. The Morgan fingerprint density at radius 3 is 2.29 bits per heavy atom. The van der Waals surface area contributed by atoms with Crippen LogP contribution in [0.5, 0.6) is 0 Å². The van der Waals surface area contributed by atoms with E-state index in [4.69, 9.17) is 5.11 Å². The first-order valence-corrected chi connectivity index (χ1v) is 6.51. The highest BCUT2D eigenvalue weighted by molar-refractivity contribution is 5.92. The van der Waals surface area contributed by atoms with E-state index in [1.165, 1.54) is 6.07 Å². The van der Waals surface area contributed by atoms with E-state index >= 15 is 0 Å². The average Bonchev–Trinajstić information content (AvgIpc) is 2.38. The Labute approximate surface area is 121 Å². The number of halogens is 2. The van der Waals surface area contributed by atoms with Crippen LogP contribution in [0.25, 0.3) is 0 Å².